The van der Waals surface area contributed by atoms with Crippen LogP contribution in [0.4, 0.5) is 5.69 Å². The van der Waals surface area contributed by atoms with Gasteiger partial charge in [-0.2, -0.15) is 5.10 Å². The molecule has 140 valence electrons. The number of carbonyl (C=O) groups is 1. The molecule has 2 rings (SSSR count). The minimum Gasteiger partial charge on any atom is -0.352 e. The minimum atomic E-state index is -1.07. The Kier molecular flexibility index (Phi) is 5.76. The predicted octanol–water partition coefficient (Wildman–Crippen LogP) is 2.47. The molecular weight excluding hydrogens is 334 g/mol. The van der Waals surface area contributed by atoms with Gasteiger partial charge in [0.15, 0.2) is 0 Å². The molecule has 1 aromatic heterocycles. The van der Waals surface area contributed by atoms with Crippen LogP contribution in [0.2, 0.25) is 0 Å². The van der Waals surface area contributed by atoms with E-state index in [1.807, 2.05) is 24.3 Å². The average Bonchev–Trinajstić information content (AvgIpc) is 3.10. The molecule has 26 heavy (non-hydrogen) atoms. The molecule has 0 aliphatic rings. The number of carbonyl (C=O) groups excluding carboxylic acids is 1. The highest BCUT2D eigenvalue weighted by Gasteiger charge is 2.32. The number of rotatable bonds is 7. The molecule has 8 nitrogen and oxygen atoms in total. The summed E-state index contributed by atoms with van der Waals surface area (Å²) in [5.41, 5.74) is 7.10. The zero-order valence-electron chi connectivity index (χ0n) is 15.5. The largest absolute Gasteiger partial charge is 0.352 e. The van der Waals surface area contributed by atoms with Gasteiger partial charge in [-0.15, -0.1) is 0 Å². The summed E-state index contributed by atoms with van der Waals surface area (Å²) in [6, 6.07) is 7.66. The Balaban J connectivity index is 2.00. The molecule has 0 radical (unpaired) electrons. The molecule has 8 heteroatoms. The summed E-state index contributed by atoms with van der Waals surface area (Å²) >= 11 is 0. The predicted molar refractivity (Wildman–Crippen MR) is 98.7 cm³/mol. The third kappa shape index (κ3) is 4.26. The zero-order chi connectivity index (χ0) is 19.5. The second kappa shape index (κ2) is 7.65. The van der Waals surface area contributed by atoms with Gasteiger partial charge in [-0.3, -0.25) is 19.6 Å². The number of nitrogens with zero attached hydrogens (tertiary/aromatic N) is 3. The van der Waals surface area contributed by atoms with Gasteiger partial charge >= 0.3 is 5.69 Å². The van der Waals surface area contributed by atoms with Crippen LogP contribution in [0.1, 0.15) is 50.8 Å². The molecule has 3 N–H and O–H groups in total. The molecule has 0 aliphatic heterocycles. The molecule has 0 saturated heterocycles. The summed E-state index contributed by atoms with van der Waals surface area (Å²) in [6.45, 7) is 7.78. The van der Waals surface area contributed by atoms with Gasteiger partial charge in [0.1, 0.15) is 17.9 Å². The molecule has 2 aromatic rings. The Morgan fingerprint density at radius 2 is 1.88 bits per heavy atom. The molecule has 1 heterocycles. The van der Waals surface area contributed by atoms with Crippen LogP contribution in [-0.2, 0) is 10.3 Å². The van der Waals surface area contributed by atoms with Crippen LogP contribution in [-0.4, -0.2) is 27.2 Å². The summed E-state index contributed by atoms with van der Waals surface area (Å²) in [6.07, 6.45) is 2.36. The van der Waals surface area contributed by atoms with Gasteiger partial charge < -0.3 is 11.1 Å². The van der Waals surface area contributed by atoms with Crippen LogP contribution in [0, 0.1) is 10.1 Å². The minimum absolute atomic E-state index is 0.159. The van der Waals surface area contributed by atoms with Gasteiger partial charge in [-0.05, 0) is 30.9 Å². The maximum atomic E-state index is 12.5. The first-order valence-corrected chi connectivity index (χ1v) is 8.46. The molecule has 0 fully saturated rings. The topological polar surface area (TPSA) is 116 Å². The normalized spacial score (nSPS) is 12.8. The van der Waals surface area contributed by atoms with E-state index in [1.165, 1.54) is 16.4 Å². The SMILES string of the molecule is CC(C)c1ccc(C(N)CNC(=O)C(C)(C)n2cc([N+](=O)[O-])cn2)cc1. The number of nitrogens with two attached hydrogens (primary N) is 1. The van der Waals surface area contributed by atoms with Gasteiger partial charge in [0.25, 0.3) is 0 Å². The number of hydrogen-bond acceptors (Lipinski definition) is 5. The summed E-state index contributed by atoms with van der Waals surface area (Å²) < 4.78 is 1.28. The number of nitrogens with one attached hydrogen (secondary N) is 1. The lowest BCUT2D eigenvalue weighted by atomic mass is 9.99. The van der Waals surface area contributed by atoms with Crippen molar-refractivity contribution in [2.75, 3.05) is 6.54 Å². The van der Waals surface area contributed by atoms with Crippen LogP contribution in [0.5, 0.6) is 0 Å². The lowest BCUT2D eigenvalue weighted by molar-refractivity contribution is -0.385. The van der Waals surface area contributed by atoms with E-state index >= 15 is 0 Å². The molecule has 0 bridgehead atoms. The molecule has 1 unspecified atom stereocenters. The Hall–Kier alpha value is -2.74. The lowest BCUT2D eigenvalue weighted by Crippen LogP contribution is -2.46. The van der Waals surface area contributed by atoms with Gasteiger partial charge in [0, 0.05) is 12.6 Å². The molecule has 1 amide bonds. The first kappa shape index (κ1) is 19.6. The highest BCUT2D eigenvalue weighted by Crippen LogP contribution is 2.20. The molecule has 0 aliphatic carbocycles. The van der Waals surface area contributed by atoms with E-state index in [9.17, 15) is 14.9 Å². The Labute approximate surface area is 152 Å². The Morgan fingerprint density at radius 1 is 1.31 bits per heavy atom. The van der Waals surface area contributed by atoms with Crippen LogP contribution < -0.4 is 11.1 Å². The van der Waals surface area contributed by atoms with Crippen molar-refractivity contribution in [2.24, 2.45) is 5.73 Å². The first-order chi connectivity index (χ1) is 12.1. The van der Waals surface area contributed by atoms with E-state index in [4.69, 9.17) is 5.73 Å². The van der Waals surface area contributed by atoms with E-state index in [-0.39, 0.29) is 24.2 Å². The highest BCUT2D eigenvalue weighted by atomic mass is 16.6. The van der Waals surface area contributed by atoms with E-state index < -0.39 is 10.5 Å². The quantitative estimate of drug-likeness (QED) is 0.582. The number of nitro groups is 1. The maximum absolute atomic E-state index is 12.5. The monoisotopic (exact) mass is 359 g/mol. The van der Waals surface area contributed by atoms with Crippen molar-refractivity contribution in [3.8, 4) is 0 Å². The summed E-state index contributed by atoms with van der Waals surface area (Å²) in [5, 5.41) is 17.5. The highest BCUT2D eigenvalue weighted by molar-refractivity contribution is 5.83. The zero-order valence-corrected chi connectivity index (χ0v) is 15.5. The second-order valence-electron chi connectivity index (χ2n) is 7.10. The fourth-order valence-electron chi connectivity index (χ4n) is 2.48. The summed E-state index contributed by atoms with van der Waals surface area (Å²) in [4.78, 5) is 22.8. The second-order valence-corrected chi connectivity index (χ2v) is 7.10. The van der Waals surface area contributed by atoms with Gasteiger partial charge in [-0.1, -0.05) is 38.1 Å². The molecule has 0 spiro atoms. The summed E-state index contributed by atoms with van der Waals surface area (Å²) in [5.74, 6) is 0.128. The maximum Gasteiger partial charge on any atom is 0.307 e. The first-order valence-electron chi connectivity index (χ1n) is 8.46. The van der Waals surface area contributed by atoms with Crippen molar-refractivity contribution in [1.82, 2.24) is 15.1 Å². The van der Waals surface area contributed by atoms with Crippen LogP contribution >= 0.6 is 0 Å². The van der Waals surface area contributed by atoms with E-state index in [0.717, 1.165) is 11.8 Å². The van der Waals surface area contributed by atoms with Crippen molar-refractivity contribution in [3.63, 3.8) is 0 Å². The average molecular weight is 359 g/mol. The van der Waals surface area contributed by atoms with Crippen molar-refractivity contribution in [1.29, 1.82) is 0 Å². The van der Waals surface area contributed by atoms with Gasteiger partial charge in [-0.25, -0.2) is 0 Å². The third-order valence-corrected chi connectivity index (χ3v) is 4.42. The standard InChI is InChI=1S/C18H25N5O3/c1-12(2)13-5-7-14(8-6-13)16(19)10-20-17(24)18(3,4)22-11-15(9-21-22)23(25)26/h5-9,11-12,16H,10,19H2,1-4H3,(H,20,24). The van der Waals surface area contributed by atoms with E-state index in [2.05, 4.69) is 24.3 Å². The van der Waals surface area contributed by atoms with E-state index in [1.54, 1.807) is 13.8 Å². The van der Waals surface area contributed by atoms with Gasteiger partial charge in [0.05, 0.1) is 4.92 Å². The summed E-state index contributed by atoms with van der Waals surface area (Å²) in [7, 11) is 0. The number of hydrogen-bond donors (Lipinski definition) is 2. The van der Waals surface area contributed by atoms with Crippen LogP contribution in [0.25, 0.3) is 0 Å². The lowest BCUT2D eigenvalue weighted by Gasteiger charge is -2.25. The Bertz CT molecular complexity index is 780. The molecule has 1 aromatic carbocycles. The fraction of sp³-hybridized carbons (Fsp3) is 0.444. The molecular formula is C18H25N5O3. The van der Waals surface area contributed by atoms with Gasteiger partial charge in [0.2, 0.25) is 5.91 Å². The smallest absolute Gasteiger partial charge is 0.307 e. The van der Waals surface area contributed by atoms with Crippen molar-refractivity contribution in [2.45, 2.75) is 45.2 Å². The third-order valence-electron chi connectivity index (χ3n) is 4.42. The fourth-order valence-corrected chi connectivity index (χ4v) is 2.48. The van der Waals surface area contributed by atoms with Crippen LogP contribution in [0.3, 0.4) is 0 Å². The molecule has 0 saturated carbocycles. The number of benzene rings is 1. The van der Waals surface area contributed by atoms with Crippen molar-refractivity contribution in [3.05, 3.63) is 57.9 Å². The molecule has 1 atom stereocenters. The number of amides is 1. The van der Waals surface area contributed by atoms with E-state index in [0.29, 0.717) is 5.92 Å². The van der Waals surface area contributed by atoms with Crippen molar-refractivity contribution >= 4 is 11.6 Å². The van der Waals surface area contributed by atoms with Crippen LogP contribution in [0.15, 0.2) is 36.7 Å². The van der Waals surface area contributed by atoms with Crippen molar-refractivity contribution < 1.29 is 9.72 Å². The number of aromatic nitrogens is 2. The Morgan fingerprint density at radius 3 is 2.38 bits per heavy atom.